The lowest BCUT2D eigenvalue weighted by Gasteiger charge is -2.38. The molecule has 6 heteroatoms. The summed E-state index contributed by atoms with van der Waals surface area (Å²) in [5.74, 6) is 0.291. The second kappa shape index (κ2) is 8.43. The van der Waals surface area contributed by atoms with E-state index in [-0.39, 0.29) is 17.7 Å². The number of nitrogens with zero attached hydrogens (tertiary/aromatic N) is 2. The number of amides is 1. The first kappa shape index (κ1) is 18.5. The molecule has 0 aromatic heterocycles. The van der Waals surface area contributed by atoms with Crippen LogP contribution in [0.15, 0.2) is 48.5 Å². The van der Waals surface area contributed by atoms with Crippen LogP contribution >= 0.6 is 11.6 Å². The van der Waals surface area contributed by atoms with Crippen LogP contribution in [0.2, 0.25) is 5.02 Å². The SMILES string of the molecule is C[C@H](C(=O)NCc1ccccc1Cl)N1CCN(c2ccc(O)cc2)CC1. The van der Waals surface area contributed by atoms with E-state index in [1.165, 1.54) is 0 Å². The summed E-state index contributed by atoms with van der Waals surface area (Å²) in [4.78, 5) is 16.9. The number of nitrogens with one attached hydrogen (secondary N) is 1. The second-order valence-electron chi connectivity index (χ2n) is 6.52. The summed E-state index contributed by atoms with van der Waals surface area (Å²) in [5, 5.41) is 13.1. The maximum Gasteiger partial charge on any atom is 0.237 e. The third kappa shape index (κ3) is 4.48. The van der Waals surface area contributed by atoms with E-state index >= 15 is 0 Å². The normalized spacial score (nSPS) is 16.3. The van der Waals surface area contributed by atoms with Gasteiger partial charge in [0.1, 0.15) is 5.75 Å². The molecule has 2 N–H and O–H groups in total. The molecule has 1 heterocycles. The first-order chi connectivity index (χ1) is 12.5. The van der Waals surface area contributed by atoms with Gasteiger partial charge in [-0.2, -0.15) is 0 Å². The molecule has 0 bridgehead atoms. The molecular weight excluding hydrogens is 350 g/mol. The third-order valence-corrected chi connectivity index (χ3v) is 5.24. The maximum absolute atomic E-state index is 12.5. The number of phenolic OH excluding ortho intramolecular Hbond substituents is 1. The molecule has 1 atom stereocenters. The van der Waals surface area contributed by atoms with Crippen molar-refractivity contribution in [2.24, 2.45) is 0 Å². The highest BCUT2D eigenvalue weighted by molar-refractivity contribution is 6.31. The summed E-state index contributed by atoms with van der Waals surface area (Å²) in [6, 6.07) is 14.6. The lowest BCUT2D eigenvalue weighted by atomic mass is 10.1. The fourth-order valence-corrected chi connectivity index (χ4v) is 3.37. The zero-order valence-corrected chi connectivity index (χ0v) is 15.6. The van der Waals surface area contributed by atoms with Crippen LogP contribution in [0.25, 0.3) is 0 Å². The number of benzene rings is 2. The summed E-state index contributed by atoms with van der Waals surface area (Å²) in [6.07, 6.45) is 0. The van der Waals surface area contributed by atoms with Crippen molar-refractivity contribution < 1.29 is 9.90 Å². The van der Waals surface area contributed by atoms with Crippen molar-refractivity contribution >= 4 is 23.2 Å². The van der Waals surface area contributed by atoms with E-state index < -0.39 is 0 Å². The van der Waals surface area contributed by atoms with Crippen molar-refractivity contribution in [3.8, 4) is 5.75 Å². The lowest BCUT2D eigenvalue weighted by molar-refractivity contribution is -0.126. The van der Waals surface area contributed by atoms with Gasteiger partial charge < -0.3 is 15.3 Å². The summed E-state index contributed by atoms with van der Waals surface area (Å²) < 4.78 is 0. The fourth-order valence-electron chi connectivity index (χ4n) is 3.17. The Morgan fingerprint density at radius 2 is 1.77 bits per heavy atom. The molecule has 3 rings (SSSR count). The molecule has 2 aromatic rings. The van der Waals surface area contributed by atoms with E-state index in [0.29, 0.717) is 11.6 Å². The molecular formula is C20H24ClN3O2. The highest BCUT2D eigenvalue weighted by Gasteiger charge is 2.25. The van der Waals surface area contributed by atoms with Gasteiger partial charge >= 0.3 is 0 Å². The number of rotatable bonds is 5. The first-order valence-electron chi connectivity index (χ1n) is 8.84. The molecule has 1 amide bonds. The Bertz CT molecular complexity index is 743. The molecule has 5 nitrogen and oxygen atoms in total. The van der Waals surface area contributed by atoms with Gasteiger partial charge in [-0.15, -0.1) is 0 Å². The van der Waals surface area contributed by atoms with E-state index in [0.717, 1.165) is 37.4 Å². The van der Waals surface area contributed by atoms with Gasteiger partial charge in [0.05, 0.1) is 6.04 Å². The Morgan fingerprint density at radius 3 is 2.42 bits per heavy atom. The van der Waals surface area contributed by atoms with E-state index in [2.05, 4.69) is 15.1 Å². The Kier molecular flexibility index (Phi) is 6.01. The maximum atomic E-state index is 12.5. The summed E-state index contributed by atoms with van der Waals surface area (Å²) in [6.45, 7) is 5.73. The average molecular weight is 374 g/mol. The Hall–Kier alpha value is -2.24. The largest absolute Gasteiger partial charge is 0.508 e. The van der Waals surface area contributed by atoms with Crippen molar-refractivity contribution in [3.63, 3.8) is 0 Å². The molecule has 1 fully saturated rings. The second-order valence-corrected chi connectivity index (χ2v) is 6.93. The molecule has 1 aliphatic rings. The molecule has 138 valence electrons. The Morgan fingerprint density at radius 1 is 1.12 bits per heavy atom. The molecule has 1 saturated heterocycles. The standard InChI is InChI=1S/C20H24ClN3O2/c1-15(20(26)22-14-16-4-2-3-5-19(16)21)23-10-12-24(13-11-23)17-6-8-18(25)9-7-17/h2-9,15,25H,10-14H2,1H3,(H,22,26)/t15-/m1/s1. The van der Waals surface area contributed by atoms with Crippen LogP contribution in [-0.2, 0) is 11.3 Å². The number of halogens is 1. The lowest BCUT2D eigenvalue weighted by Crippen LogP contribution is -2.53. The van der Waals surface area contributed by atoms with Gasteiger partial charge in [0.15, 0.2) is 0 Å². The van der Waals surface area contributed by atoms with E-state index in [4.69, 9.17) is 11.6 Å². The predicted molar refractivity (Wildman–Crippen MR) is 105 cm³/mol. The smallest absolute Gasteiger partial charge is 0.237 e. The van der Waals surface area contributed by atoms with Crippen LogP contribution in [0, 0.1) is 0 Å². The van der Waals surface area contributed by atoms with E-state index in [9.17, 15) is 9.90 Å². The summed E-state index contributed by atoms with van der Waals surface area (Å²) in [5.41, 5.74) is 2.02. The number of anilines is 1. The summed E-state index contributed by atoms with van der Waals surface area (Å²) in [7, 11) is 0. The van der Waals surface area contributed by atoms with E-state index in [1.807, 2.05) is 43.3 Å². The van der Waals surface area contributed by atoms with Gasteiger partial charge in [-0.3, -0.25) is 9.69 Å². The molecule has 26 heavy (non-hydrogen) atoms. The van der Waals surface area contributed by atoms with Crippen LogP contribution in [0.5, 0.6) is 5.75 Å². The van der Waals surface area contributed by atoms with Crippen LogP contribution in [0.1, 0.15) is 12.5 Å². The number of aromatic hydroxyl groups is 1. The molecule has 2 aromatic carbocycles. The third-order valence-electron chi connectivity index (χ3n) is 4.87. The molecule has 0 saturated carbocycles. The van der Waals surface area contributed by atoms with Gasteiger partial charge in [0.25, 0.3) is 0 Å². The molecule has 1 aliphatic heterocycles. The number of carbonyl (C=O) groups excluding carboxylic acids is 1. The average Bonchev–Trinajstić information content (AvgIpc) is 2.67. The number of hydrogen-bond donors (Lipinski definition) is 2. The zero-order valence-electron chi connectivity index (χ0n) is 14.9. The van der Waals surface area contributed by atoms with Crippen molar-refractivity contribution in [2.45, 2.75) is 19.5 Å². The highest BCUT2D eigenvalue weighted by Crippen LogP contribution is 2.20. The number of phenols is 1. The van der Waals surface area contributed by atoms with Crippen molar-refractivity contribution in [1.82, 2.24) is 10.2 Å². The molecule has 0 radical (unpaired) electrons. The van der Waals surface area contributed by atoms with Crippen LogP contribution in [-0.4, -0.2) is 48.1 Å². The predicted octanol–water partition coefficient (Wildman–Crippen LogP) is 2.87. The quantitative estimate of drug-likeness (QED) is 0.846. The van der Waals surface area contributed by atoms with Crippen molar-refractivity contribution in [2.75, 3.05) is 31.1 Å². The van der Waals surface area contributed by atoms with Crippen LogP contribution in [0.3, 0.4) is 0 Å². The minimum absolute atomic E-state index is 0.0167. The van der Waals surface area contributed by atoms with Crippen LogP contribution in [0.4, 0.5) is 5.69 Å². The number of hydrogen-bond acceptors (Lipinski definition) is 4. The van der Waals surface area contributed by atoms with Crippen LogP contribution < -0.4 is 10.2 Å². The topological polar surface area (TPSA) is 55.8 Å². The zero-order chi connectivity index (χ0) is 18.5. The van der Waals surface area contributed by atoms with Gasteiger partial charge in [-0.25, -0.2) is 0 Å². The monoisotopic (exact) mass is 373 g/mol. The molecule has 0 unspecified atom stereocenters. The van der Waals surface area contributed by atoms with Gasteiger partial charge in [0, 0.05) is 43.4 Å². The molecule has 0 spiro atoms. The Balaban J connectivity index is 1.49. The van der Waals surface area contributed by atoms with Gasteiger partial charge in [0.2, 0.25) is 5.91 Å². The number of carbonyl (C=O) groups is 1. The van der Waals surface area contributed by atoms with Gasteiger partial charge in [-0.1, -0.05) is 29.8 Å². The molecule has 0 aliphatic carbocycles. The first-order valence-corrected chi connectivity index (χ1v) is 9.21. The number of piperazine rings is 1. The van der Waals surface area contributed by atoms with Crippen molar-refractivity contribution in [1.29, 1.82) is 0 Å². The van der Waals surface area contributed by atoms with E-state index in [1.54, 1.807) is 12.1 Å². The summed E-state index contributed by atoms with van der Waals surface area (Å²) >= 11 is 6.14. The van der Waals surface area contributed by atoms with Crippen molar-refractivity contribution in [3.05, 3.63) is 59.1 Å². The highest BCUT2D eigenvalue weighted by atomic mass is 35.5. The fraction of sp³-hybridized carbons (Fsp3) is 0.350. The minimum atomic E-state index is -0.181. The Labute approximate surface area is 159 Å². The van der Waals surface area contributed by atoms with Gasteiger partial charge in [-0.05, 0) is 42.8 Å². The minimum Gasteiger partial charge on any atom is -0.508 e.